The second-order valence-electron chi connectivity index (χ2n) is 9.35. The SMILES string of the molecule is Cc1nc2c(c(N3CCC3)n1)[C@H](C)N(C(=O)[C@H]1CCN(C(=O)OC(C)(C)C)C1)C2. The second-order valence-corrected chi connectivity index (χ2v) is 9.35. The highest BCUT2D eigenvalue weighted by Gasteiger charge is 2.41. The van der Waals surface area contributed by atoms with Crippen LogP contribution in [0.1, 0.15) is 63.7 Å². The van der Waals surface area contributed by atoms with Crippen LogP contribution >= 0.6 is 0 Å². The highest BCUT2D eigenvalue weighted by atomic mass is 16.6. The molecule has 3 aliphatic rings. The molecule has 4 rings (SSSR count). The molecule has 8 nitrogen and oxygen atoms in total. The first-order valence-corrected chi connectivity index (χ1v) is 10.5. The van der Waals surface area contributed by atoms with Crippen molar-refractivity contribution in [1.82, 2.24) is 19.8 Å². The van der Waals surface area contributed by atoms with E-state index < -0.39 is 5.60 Å². The maximum Gasteiger partial charge on any atom is 0.410 e. The lowest BCUT2D eigenvalue weighted by Gasteiger charge is -2.34. The van der Waals surface area contributed by atoms with Gasteiger partial charge in [0.25, 0.3) is 0 Å². The number of carbonyl (C=O) groups is 2. The highest BCUT2D eigenvalue weighted by Crippen LogP contribution is 2.40. The van der Waals surface area contributed by atoms with E-state index in [9.17, 15) is 9.59 Å². The van der Waals surface area contributed by atoms with Crippen molar-refractivity contribution in [3.63, 3.8) is 0 Å². The first-order valence-electron chi connectivity index (χ1n) is 10.5. The number of rotatable bonds is 2. The van der Waals surface area contributed by atoms with Crippen molar-refractivity contribution in [3.8, 4) is 0 Å². The van der Waals surface area contributed by atoms with Gasteiger partial charge in [0.2, 0.25) is 5.91 Å². The summed E-state index contributed by atoms with van der Waals surface area (Å²) in [6.45, 7) is 13.0. The number of amides is 2. The van der Waals surface area contributed by atoms with E-state index in [1.807, 2.05) is 32.6 Å². The minimum absolute atomic E-state index is 0.0516. The van der Waals surface area contributed by atoms with Gasteiger partial charge in [0.15, 0.2) is 0 Å². The third kappa shape index (κ3) is 3.76. The van der Waals surface area contributed by atoms with Crippen LogP contribution in [0.5, 0.6) is 0 Å². The first kappa shape index (κ1) is 19.9. The summed E-state index contributed by atoms with van der Waals surface area (Å²) in [6, 6.07) is -0.0516. The van der Waals surface area contributed by atoms with Crippen LogP contribution < -0.4 is 4.90 Å². The Labute approximate surface area is 172 Å². The molecule has 0 radical (unpaired) electrons. The van der Waals surface area contributed by atoms with Crippen molar-refractivity contribution < 1.29 is 14.3 Å². The molecule has 0 aliphatic carbocycles. The van der Waals surface area contributed by atoms with E-state index in [2.05, 4.69) is 21.8 Å². The van der Waals surface area contributed by atoms with Crippen LogP contribution in [0.2, 0.25) is 0 Å². The summed E-state index contributed by atoms with van der Waals surface area (Å²) < 4.78 is 5.46. The van der Waals surface area contributed by atoms with Crippen molar-refractivity contribution in [1.29, 1.82) is 0 Å². The number of hydrogen-bond acceptors (Lipinski definition) is 6. The van der Waals surface area contributed by atoms with Gasteiger partial charge in [-0.1, -0.05) is 0 Å². The Hall–Kier alpha value is -2.38. The monoisotopic (exact) mass is 401 g/mol. The minimum atomic E-state index is -0.534. The Balaban J connectivity index is 1.47. The highest BCUT2D eigenvalue weighted by molar-refractivity contribution is 5.82. The third-order valence-electron chi connectivity index (χ3n) is 5.95. The molecule has 1 aromatic rings. The van der Waals surface area contributed by atoms with Gasteiger partial charge in [-0.25, -0.2) is 14.8 Å². The van der Waals surface area contributed by atoms with Crippen LogP contribution in [0.4, 0.5) is 10.6 Å². The van der Waals surface area contributed by atoms with Crippen LogP contribution in [0.3, 0.4) is 0 Å². The molecule has 0 saturated carbocycles. The fourth-order valence-corrected chi connectivity index (χ4v) is 4.35. The second kappa shape index (κ2) is 7.15. The van der Waals surface area contributed by atoms with Crippen LogP contribution in [0.25, 0.3) is 0 Å². The average molecular weight is 402 g/mol. The number of hydrogen-bond donors (Lipinski definition) is 0. The van der Waals surface area contributed by atoms with Gasteiger partial charge < -0.3 is 19.4 Å². The van der Waals surface area contributed by atoms with E-state index >= 15 is 0 Å². The van der Waals surface area contributed by atoms with Gasteiger partial charge in [-0.15, -0.1) is 0 Å². The van der Waals surface area contributed by atoms with Gasteiger partial charge in [0, 0.05) is 31.7 Å². The number of aromatic nitrogens is 2. The standard InChI is InChI=1S/C21H31N5O3/c1-13-17-16(22-14(2)23-18(17)24-8-6-9-24)12-26(13)19(27)15-7-10-25(11-15)20(28)29-21(3,4)5/h13,15H,6-12H2,1-5H3/t13-,15-/m0/s1. The van der Waals surface area contributed by atoms with E-state index in [4.69, 9.17) is 4.74 Å². The summed E-state index contributed by atoms with van der Waals surface area (Å²) in [5.74, 6) is 1.64. The molecule has 2 amide bonds. The summed E-state index contributed by atoms with van der Waals surface area (Å²) in [4.78, 5) is 40.8. The van der Waals surface area contributed by atoms with Crippen LogP contribution in [-0.4, -0.2) is 63.5 Å². The van der Waals surface area contributed by atoms with Crippen molar-refractivity contribution >= 4 is 17.8 Å². The zero-order valence-electron chi connectivity index (χ0n) is 18.1. The third-order valence-corrected chi connectivity index (χ3v) is 5.95. The molecule has 1 aromatic heterocycles. The predicted molar refractivity (Wildman–Crippen MR) is 108 cm³/mol. The Morgan fingerprint density at radius 1 is 1.14 bits per heavy atom. The lowest BCUT2D eigenvalue weighted by atomic mass is 10.1. The minimum Gasteiger partial charge on any atom is -0.444 e. The van der Waals surface area contributed by atoms with Crippen molar-refractivity contribution in [2.24, 2.45) is 5.92 Å². The molecule has 0 N–H and O–H groups in total. The van der Waals surface area contributed by atoms with Gasteiger partial charge in [-0.05, 0) is 47.5 Å². The zero-order valence-corrected chi connectivity index (χ0v) is 18.1. The predicted octanol–water partition coefficient (Wildman–Crippen LogP) is 2.66. The quantitative estimate of drug-likeness (QED) is 0.758. The molecular formula is C21H31N5O3. The summed E-state index contributed by atoms with van der Waals surface area (Å²) in [5.41, 5.74) is 1.52. The van der Waals surface area contributed by atoms with Gasteiger partial charge in [0.05, 0.1) is 24.2 Å². The van der Waals surface area contributed by atoms with Crippen LogP contribution in [0.15, 0.2) is 0 Å². The Kier molecular flexibility index (Phi) is 4.91. The van der Waals surface area contributed by atoms with Crippen molar-refractivity contribution in [3.05, 3.63) is 17.1 Å². The molecule has 158 valence electrons. The molecule has 4 heterocycles. The lowest BCUT2D eigenvalue weighted by Crippen LogP contribution is -2.40. The summed E-state index contributed by atoms with van der Waals surface area (Å²) in [7, 11) is 0. The fourth-order valence-electron chi connectivity index (χ4n) is 4.35. The van der Waals surface area contributed by atoms with Crippen molar-refractivity contribution in [2.75, 3.05) is 31.1 Å². The molecule has 2 saturated heterocycles. The average Bonchev–Trinajstić information content (AvgIpc) is 3.16. The Bertz CT molecular complexity index is 830. The number of aryl methyl sites for hydroxylation is 1. The summed E-state index contributed by atoms with van der Waals surface area (Å²) >= 11 is 0. The van der Waals surface area contributed by atoms with E-state index in [0.29, 0.717) is 26.1 Å². The van der Waals surface area contributed by atoms with Crippen LogP contribution in [-0.2, 0) is 16.1 Å². The molecular weight excluding hydrogens is 370 g/mol. The Morgan fingerprint density at radius 2 is 1.86 bits per heavy atom. The van der Waals surface area contributed by atoms with Gasteiger partial charge >= 0.3 is 6.09 Å². The topological polar surface area (TPSA) is 78.9 Å². The van der Waals surface area contributed by atoms with E-state index in [0.717, 1.165) is 36.0 Å². The molecule has 3 aliphatic heterocycles. The molecule has 0 bridgehead atoms. The number of likely N-dealkylation sites (tertiary alicyclic amines) is 1. The normalized spacial score (nSPS) is 23.8. The number of anilines is 1. The Morgan fingerprint density at radius 3 is 2.48 bits per heavy atom. The summed E-state index contributed by atoms with van der Waals surface area (Å²) in [6.07, 6.45) is 1.51. The maximum atomic E-state index is 13.3. The zero-order chi connectivity index (χ0) is 20.9. The molecule has 0 aromatic carbocycles. The number of nitrogens with zero attached hydrogens (tertiary/aromatic N) is 5. The first-order chi connectivity index (χ1) is 13.6. The van der Waals surface area contributed by atoms with E-state index in [-0.39, 0.29) is 24.0 Å². The fraction of sp³-hybridized carbons (Fsp3) is 0.714. The molecule has 2 fully saturated rings. The molecule has 8 heteroatoms. The van der Waals surface area contributed by atoms with Gasteiger partial charge in [-0.2, -0.15) is 0 Å². The smallest absolute Gasteiger partial charge is 0.410 e. The molecule has 0 spiro atoms. The van der Waals surface area contributed by atoms with E-state index in [1.54, 1.807) is 4.90 Å². The lowest BCUT2D eigenvalue weighted by molar-refractivity contribution is -0.137. The molecule has 29 heavy (non-hydrogen) atoms. The molecule has 0 unspecified atom stereocenters. The van der Waals surface area contributed by atoms with Crippen molar-refractivity contribution in [2.45, 2.75) is 65.6 Å². The van der Waals surface area contributed by atoms with Gasteiger partial charge in [0.1, 0.15) is 17.2 Å². The summed E-state index contributed by atoms with van der Waals surface area (Å²) in [5, 5.41) is 0. The number of carbonyl (C=O) groups excluding carboxylic acids is 2. The largest absolute Gasteiger partial charge is 0.444 e. The molecule has 2 atom stereocenters. The maximum absolute atomic E-state index is 13.3. The van der Waals surface area contributed by atoms with Gasteiger partial charge in [-0.3, -0.25) is 4.79 Å². The number of ether oxygens (including phenoxy) is 1. The number of fused-ring (bicyclic) bond motifs is 1. The van der Waals surface area contributed by atoms with Crippen LogP contribution in [0, 0.1) is 12.8 Å². The van der Waals surface area contributed by atoms with E-state index in [1.165, 1.54) is 6.42 Å².